The molecule has 3 aromatic rings. The Morgan fingerprint density at radius 3 is 2.26 bits per heavy atom. The minimum absolute atomic E-state index is 0.558. The van der Waals surface area contributed by atoms with Gasteiger partial charge in [-0.15, -0.1) is 6.58 Å². The second kappa shape index (κ2) is 9.57. The summed E-state index contributed by atoms with van der Waals surface area (Å²) in [5.41, 5.74) is 2.28. The largest absolute Gasteiger partial charge is 0.478 e. The van der Waals surface area contributed by atoms with Gasteiger partial charge in [-0.3, -0.25) is 14.7 Å². The summed E-state index contributed by atoms with van der Waals surface area (Å²) in [6.07, 6.45) is 8.70. The Hall–Kier alpha value is -3.87. The van der Waals surface area contributed by atoms with Gasteiger partial charge in [0.25, 0.3) is 0 Å². The highest BCUT2D eigenvalue weighted by Gasteiger charge is 2.09. The number of carbonyl (C=O) groups is 2. The van der Waals surface area contributed by atoms with Gasteiger partial charge in [0.2, 0.25) is 0 Å². The number of pyridine rings is 1. The number of carboxylic acid groups (broad SMARTS) is 2. The van der Waals surface area contributed by atoms with Crippen LogP contribution in [-0.2, 0) is 9.59 Å². The molecule has 3 rings (SSSR count). The van der Waals surface area contributed by atoms with Gasteiger partial charge < -0.3 is 10.2 Å². The smallest absolute Gasteiger partial charge is 0.328 e. The van der Waals surface area contributed by atoms with E-state index in [9.17, 15) is 9.59 Å². The fraction of sp³-hybridized carbons (Fsp3) is 0.0500. The molecule has 0 saturated heterocycles. The van der Waals surface area contributed by atoms with Gasteiger partial charge in [0.1, 0.15) is 0 Å². The fourth-order valence-corrected chi connectivity index (χ4v) is 2.38. The van der Waals surface area contributed by atoms with E-state index in [0.29, 0.717) is 12.2 Å². The van der Waals surface area contributed by atoms with E-state index in [0.717, 1.165) is 12.2 Å². The number of benzene rings is 1. The molecule has 0 aliphatic carbocycles. The van der Waals surface area contributed by atoms with Crippen molar-refractivity contribution in [2.75, 3.05) is 11.6 Å². The molecule has 0 unspecified atom stereocenters. The number of anilines is 1. The van der Waals surface area contributed by atoms with Crippen LogP contribution in [0.3, 0.4) is 0 Å². The first kappa shape index (κ1) is 19.5. The van der Waals surface area contributed by atoms with E-state index < -0.39 is 11.9 Å². The predicted octanol–water partition coefficient (Wildman–Crippen LogP) is 3.20. The van der Waals surface area contributed by atoms with Crippen molar-refractivity contribution in [3.63, 3.8) is 0 Å². The Morgan fingerprint density at radius 1 is 1.04 bits per heavy atom. The number of hydrogen-bond acceptors (Lipinski definition) is 4. The van der Waals surface area contributed by atoms with Crippen molar-refractivity contribution in [3.05, 3.63) is 85.9 Å². The Bertz CT molecular complexity index is 932. The first-order chi connectivity index (χ1) is 13.0. The molecule has 7 heteroatoms. The summed E-state index contributed by atoms with van der Waals surface area (Å²) in [7, 11) is 0. The molecule has 0 radical (unpaired) electrons. The third-order valence-electron chi connectivity index (χ3n) is 3.47. The highest BCUT2D eigenvalue weighted by Crippen LogP contribution is 2.20. The quantitative estimate of drug-likeness (QED) is 0.514. The molecule has 2 heterocycles. The van der Waals surface area contributed by atoms with E-state index in [2.05, 4.69) is 57.8 Å². The normalized spacial score (nSPS) is 10.2. The standard InChI is InChI=1S/C16H15N3.C4H4O4/c1-2-12-18(15-7-10-17-11-8-15)19-13-9-14-5-3-4-6-16(14)19;5-3(6)1-2-4(7)8/h2-11,13H,1,12H2;1-2H,(H,5,6)(H,7,8)/b;2-1-. The highest BCUT2D eigenvalue weighted by molar-refractivity contribution is 5.89. The van der Waals surface area contributed by atoms with Crippen LogP contribution in [0, 0.1) is 0 Å². The Balaban J connectivity index is 0.000000279. The zero-order valence-corrected chi connectivity index (χ0v) is 14.5. The fourth-order valence-electron chi connectivity index (χ4n) is 2.38. The second-order valence-corrected chi connectivity index (χ2v) is 5.31. The molecular formula is C20H19N3O4. The highest BCUT2D eigenvalue weighted by atomic mass is 16.4. The van der Waals surface area contributed by atoms with Gasteiger partial charge >= 0.3 is 11.9 Å². The van der Waals surface area contributed by atoms with Crippen LogP contribution in [0.15, 0.2) is 85.9 Å². The first-order valence-electron chi connectivity index (χ1n) is 8.01. The molecule has 27 heavy (non-hydrogen) atoms. The monoisotopic (exact) mass is 365 g/mol. The summed E-state index contributed by atoms with van der Waals surface area (Å²) in [6.45, 7) is 4.58. The lowest BCUT2D eigenvalue weighted by Gasteiger charge is -2.25. The number of fused-ring (bicyclic) bond motifs is 1. The summed E-state index contributed by atoms with van der Waals surface area (Å²) in [4.78, 5) is 23.2. The average molecular weight is 365 g/mol. The number of aliphatic carboxylic acids is 2. The summed E-state index contributed by atoms with van der Waals surface area (Å²) < 4.78 is 2.15. The van der Waals surface area contributed by atoms with Crippen LogP contribution in [0.25, 0.3) is 10.9 Å². The second-order valence-electron chi connectivity index (χ2n) is 5.31. The molecule has 0 spiro atoms. The van der Waals surface area contributed by atoms with E-state index in [4.69, 9.17) is 10.2 Å². The number of para-hydroxylation sites is 1. The number of rotatable bonds is 6. The molecule has 0 saturated carbocycles. The van der Waals surface area contributed by atoms with E-state index in [-0.39, 0.29) is 0 Å². The maximum atomic E-state index is 9.55. The van der Waals surface area contributed by atoms with Crippen molar-refractivity contribution < 1.29 is 19.8 Å². The van der Waals surface area contributed by atoms with Gasteiger partial charge in [0, 0.05) is 36.1 Å². The van der Waals surface area contributed by atoms with Gasteiger partial charge in [-0.05, 0) is 24.3 Å². The molecular weight excluding hydrogens is 346 g/mol. The average Bonchev–Trinajstić information content (AvgIpc) is 3.09. The summed E-state index contributed by atoms with van der Waals surface area (Å²) in [5, 5.41) is 19.0. The minimum atomic E-state index is -1.26. The van der Waals surface area contributed by atoms with E-state index in [1.165, 1.54) is 10.9 Å². The van der Waals surface area contributed by atoms with Crippen LogP contribution < -0.4 is 5.01 Å². The number of nitrogens with zero attached hydrogens (tertiary/aromatic N) is 3. The summed E-state index contributed by atoms with van der Waals surface area (Å²) >= 11 is 0. The van der Waals surface area contributed by atoms with Gasteiger partial charge in [-0.1, -0.05) is 24.3 Å². The zero-order chi connectivity index (χ0) is 19.6. The van der Waals surface area contributed by atoms with Crippen LogP contribution >= 0.6 is 0 Å². The number of carboxylic acids is 2. The van der Waals surface area contributed by atoms with Crippen LogP contribution in [0.2, 0.25) is 0 Å². The van der Waals surface area contributed by atoms with Crippen molar-refractivity contribution >= 4 is 28.5 Å². The van der Waals surface area contributed by atoms with Crippen molar-refractivity contribution in [2.45, 2.75) is 0 Å². The van der Waals surface area contributed by atoms with Gasteiger partial charge in [-0.25, -0.2) is 9.59 Å². The van der Waals surface area contributed by atoms with Gasteiger partial charge in [0.15, 0.2) is 0 Å². The van der Waals surface area contributed by atoms with Crippen LogP contribution in [0.4, 0.5) is 5.69 Å². The maximum Gasteiger partial charge on any atom is 0.328 e. The molecule has 1 aromatic carbocycles. The Labute approximate surface area is 156 Å². The third-order valence-corrected chi connectivity index (χ3v) is 3.47. The molecule has 2 aromatic heterocycles. The Morgan fingerprint density at radius 2 is 1.67 bits per heavy atom. The lowest BCUT2D eigenvalue weighted by atomic mass is 10.2. The Kier molecular flexibility index (Phi) is 6.90. The van der Waals surface area contributed by atoms with Gasteiger partial charge in [-0.2, -0.15) is 0 Å². The molecule has 0 fully saturated rings. The van der Waals surface area contributed by atoms with E-state index in [1.807, 2.05) is 18.2 Å². The van der Waals surface area contributed by atoms with Crippen molar-refractivity contribution in [1.82, 2.24) is 9.66 Å². The summed E-state index contributed by atoms with van der Waals surface area (Å²) in [6, 6.07) is 14.5. The topological polar surface area (TPSA) is 95.7 Å². The molecule has 0 bridgehead atoms. The first-order valence-corrected chi connectivity index (χ1v) is 8.01. The maximum absolute atomic E-state index is 9.55. The predicted molar refractivity (Wildman–Crippen MR) is 104 cm³/mol. The molecule has 0 aliphatic heterocycles. The van der Waals surface area contributed by atoms with E-state index in [1.54, 1.807) is 12.4 Å². The lowest BCUT2D eigenvalue weighted by Crippen LogP contribution is -2.28. The van der Waals surface area contributed by atoms with Gasteiger partial charge in [0.05, 0.1) is 17.7 Å². The molecule has 0 amide bonds. The molecule has 7 nitrogen and oxygen atoms in total. The lowest BCUT2D eigenvalue weighted by molar-refractivity contribution is -0.134. The zero-order valence-electron chi connectivity index (χ0n) is 14.5. The molecule has 0 aliphatic rings. The summed E-state index contributed by atoms with van der Waals surface area (Å²) in [5.74, 6) is -2.51. The van der Waals surface area contributed by atoms with E-state index >= 15 is 0 Å². The third kappa shape index (κ3) is 5.57. The number of aromatic nitrogens is 2. The van der Waals surface area contributed by atoms with Crippen molar-refractivity contribution in [3.8, 4) is 0 Å². The molecule has 0 atom stereocenters. The molecule has 138 valence electrons. The molecule has 2 N–H and O–H groups in total. The van der Waals surface area contributed by atoms with Crippen LogP contribution in [0.1, 0.15) is 0 Å². The van der Waals surface area contributed by atoms with Crippen LogP contribution in [-0.4, -0.2) is 38.4 Å². The van der Waals surface area contributed by atoms with Crippen molar-refractivity contribution in [1.29, 1.82) is 0 Å². The van der Waals surface area contributed by atoms with Crippen LogP contribution in [0.5, 0.6) is 0 Å². The van der Waals surface area contributed by atoms with Crippen molar-refractivity contribution in [2.24, 2.45) is 0 Å². The number of hydrogen-bond donors (Lipinski definition) is 2. The SMILES string of the molecule is C=CCN(c1ccncc1)n1ccc2ccccc21.O=C(O)/C=C\C(=O)O. The minimum Gasteiger partial charge on any atom is -0.478 e.